The SMILES string of the molecule is CN=C(NCCCCC(C)C)NCCN1C(=O)CNC1=O. The fraction of sp³-hybridized carbons (Fsp3) is 0.786. The summed E-state index contributed by atoms with van der Waals surface area (Å²) in [5.41, 5.74) is 0. The first-order valence-electron chi connectivity index (χ1n) is 7.57. The Morgan fingerprint density at radius 1 is 1.29 bits per heavy atom. The van der Waals surface area contributed by atoms with E-state index in [1.807, 2.05) is 0 Å². The van der Waals surface area contributed by atoms with Crippen LogP contribution in [0, 0.1) is 5.92 Å². The summed E-state index contributed by atoms with van der Waals surface area (Å²) in [6.45, 7) is 6.26. The van der Waals surface area contributed by atoms with Gasteiger partial charge in [-0.3, -0.25) is 14.7 Å². The summed E-state index contributed by atoms with van der Waals surface area (Å²) in [7, 11) is 1.71. The fourth-order valence-electron chi connectivity index (χ4n) is 2.07. The smallest absolute Gasteiger partial charge is 0.324 e. The summed E-state index contributed by atoms with van der Waals surface area (Å²) < 4.78 is 0. The van der Waals surface area contributed by atoms with Crippen molar-refractivity contribution >= 4 is 17.9 Å². The number of nitrogens with one attached hydrogen (secondary N) is 3. The summed E-state index contributed by atoms with van der Waals surface area (Å²) in [6.07, 6.45) is 3.54. The maximum Gasteiger partial charge on any atom is 0.324 e. The highest BCUT2D eigenvalue weighted by Crippen LogP contribution is 2.04. The van der Waals surface area contributed by atoms with Crippen molar-refractivity contribution in [2.24, 2.45) is 10.9 Å². The third kappa shape index (κ3) is 6.46. The van der Waals surface area contributed by atoms with Crippen LogP contribution in [0.3, 0.4) is 0 Å². The second kappa shape index (κ2) is 9.20. The van der Waals surface area contributed by atoms with E-state index in [0.717, 1.165) is 18.9 Å². The molecule has 7 heteroatoms. The first kappa shape index (κ1) is 17.3. The molecule has 1 fully saturated rings. The first-order chi connectivity index (χ1) is 10.0. The predicted molar refractivity (Wildman–Crippen MR) is 83.2 cm³/mol. The Labute approximate surface area is 126 Å². The van der Waals surface area contributed by atoms with Gasteiger partial charge in [-0.1, -0.05) is 26.7 Å². The van der Waals surface area contributed by atoms with Gasteiger partial charge in [-0.15, -0.1) is 0 Å². The molecule has 3 N–H and O–H groups in total. The van der Waals surface area contributed by atoms with Gasteiger partial charge in [0.2, 0.25) is 5.91 Å². The Bertz CT molecular complexity index is 366. The Balaban J connectivity index is 2.14. The molecule has 0 saturated carbocycles. The van der Waals surface area contributed by atoms with Gasteiger partial charge in [0.15, 0.2) is 5.96 Å². The number of unbranched alkanes of at least 4 members (excludes halogenated alkanes) is 1. The van der Waals surface area contributed by atoms with E-state index in [1.165, 1.54) is 17.7 Å². The third-order valence-electron chi connectivity index (χ3n) is 3.29. The minimum Gasteiger partial charge on any atom is -0.356 e. The number of amides is 3. The number of hydrogen-bond acceptors (Lipinski definition) is 3. The average molecular weight is 297 g/mol. The molecular weight excluding hydrogens is 270 g/mol. The lowest BCUT2D eigenvalue weighted by Gasteiger charge is -2.15. The molecule has 0 spiro atoms. The molecule has 0 aliphatic carbocycles. The molecule has 3 amide bonds. The van der Waals surface area contributed by atoms with Crippen LogP contribution in [0.5, 0.6) is 0 Å². The lowest BCUT2D eigenvalue weighted by Crippen LogP contribution is -2.43. The third-order valence-corrected chi connectivity index (χ3v) is 3.29. The summed E-state index contributed by atoms with van der Waals surface area (Å²) in [4.78, 5) is 28.1. The summed E-state index contributed by atoms with van der Waals surface area (Å²) in [5.74, 6) is 1.26. The molecular formula is C14H27N5O2. The largest absolute Gasteiger partial charge is 0.356 e. The van der Waals surface area contributed by atoms with E-state index >= 15 is 0 Å². The number of carbonyl (C=O) groups is 2. The van der Waals surface area contributed by atoms with E-state index in [2.05, 4.69) is 34.8 Å². The predicted octanol–water partition coefficient (Wildman–Crippen LogP) is 0.530. The number of hydrogen-bond donors (Lipinski definition) is 3. The van der Waals surface area contributed by atoms with Crippen molar-refractivity contribution in [2.45, 2.75) is 33.1 Å². The molecule has 0 unspecified atom stereocenters. The van der Waals surface area contributed by atoms with Gasteiger partial charge in [0.05, 0.1) is 6.54 Å². The molecule has 0 aromatic rings. The van der Waals surface area contributed by atoms with Gasteiger partial charge in [-0.05, 0) is 12.3 Å². The molecule has 1 rings (SSSR count). The van der Waals surface area contributed by atoms with E-state index in [-0.39, 0.29) is 18.5 Å². The maximum atomic E-state index is 11.4. The van der Waals surface area contributed by atoms with Crippen LogP contribution < -0.4 is 16.0 Å². The fourth-order valence-corrected chi connectivity index (χ4v) is 2.07. The van der Waals surface area contributed by atoms with Crippen molar-refractivity contribution in [3.8, 4) is 0 Å². The molecule has 21 heavy (non-hydrogen) atoms. The van der Waals surface area contributed by atoms with E-state index < -0.39 is 0 Å². The Hall–Kier alpha value is -1.79. The molecule has 1 saturated heterocycles. The van der Waals surface area contributed by atoms with E-state index in [1.54, 1.807) is 7.05 Å². The molecule has 7 nitrogen and oxygen atoms in total. The van der Waals surface area contributed by atoms with Crippen LogP contribution in [0.4, 0.5) is 4.79 Å². The monoisotopic (exact) mass is 297 g/mol. The molecule has 0 atom stereocenters. The van der Waals surface area contributed by atoms with E-state index in [0.29, 0.717) is 19.0 Å². The van der Waals surface area contributed by atoms with Crippen LogP contribution in [-0.2, 0) is 4.79 Å². The van der Waals surface area contributed by atoms with E-state index in [9.17, 15) is 9.59 Å². The van der Waals surface area contributed by atoms with Crippen molar-refractivity contribution < 1.29 is 9.59 Å². The quantitative estimate of drug-likeness (QED) is 0.264. The summed E-state index contributed by atoms with van der Waals surface area (Å²) >= 11 is 0. The van der Waals surface area contributed by atoms with E-state index in [4.69, 9.17) is 0 Å². The van der Waals surface area contributed by atoms with Gasteiger partial charge in [-0.2, -0.15) is 0 Å². The molecule has 0 aromatic heterocycles. The Kier molecular flexibility index (Phi) is 7.56. The molecule has 0 aromatic carbocycles. The number of imide groups is 1. The molecule has 120 valence electrons. The van der Waals surface area contributed by atoms with Crippen molar-refractivity contribution in [1.29, 1.82) is 0 Å². The average Bonchev–Trinajstić information content (AvgIpc) is 2.76. The number of guanidine groups is 1. The van der Waals surface area contributed by atoms with Crippen LogP contribution >= 0.6 is 0 Å². The Morgan fingerprint density at radius 3 is 2.57 bits per heavy atom. The lowest BCUT2D eigenvalue weighted by molar-refractivity contribution is -0.124. The highest BCUT2D eigenvalue weighted by Gasteiger charge is 2.27. The zero-order valence-corrected chi connectivity index (χ0v) is 13.2. The van der Waals surface area contributed by atoms with Gasteiger partial charge in [-0.25, -0.2) is 4.79 Å². The second-order valence-corrected chi connectivity index (χ2v) is 5.52. The molecule has 1 heterocycles. The summed E-state index contributed by atoms with van der Waals surface area (Å²) in [6, 6.07) is -0.321. The van der Waals surface area contributed by atoms with Crippen LogP contribution in [-0.4, -0.2) is 56.0 Å². The molecule has 0 bridgehead atoms. The van der Waals surface area contributed by atoms with Crippen molar-refractivity contribution in [3.63, 3.8) is 0 Å². The number of urea groups is 1. The number of nitrogens with zero attached hydrogens (tertiary/aromatic N) is 2. The normalized spacial score (nSPS) is 15.6. The minimum absolute atomic E-state index is 0.0989. The van der Waals surface area contributed by atoms with Crippen molar-refractivity contribution in [1.82, 2.24) is 20.9 Å². The number of aliphatic imine (C=N–C) groups is 1. The zero-order chi connectivity index (χ0) is 15.7. The van der Waals surface area contributed by atoms with Gasteiger partial charge >= 0.3 is 6.03 Å². The lowest BCUT2D eigenvalue weighted by atomic mass is 10.1. The van der Waals surface area contributed by atoms with Crippen LogP contribution in [0.2, 0.25) is 0 Å². The highest BCUT2D eigenvalue weighted by molar-refractivity contribution is 6.01. The Morgan fingerprint density at radius 2 is 2.00 bits per heavy atom. The van der Waals surface area contributed by atoms with Gasteiger partial charge < -0.3 is 16.0 Å². The zero-order valence-electron chi connectivity index (χ0n) is 13.2. The standard InChI is InChI=1S/C14H27N5O2/c1-11(2)6-4-5-7-16-13(15-3)17-8-9-19-12(20)10-18-14(19)21/h11H,4-10H2,1-3H3,(H,18,21)(H2,15,16,17). The van der Waals surface area contributed by atoms with Crippen molar-refractivity contribution in [2.75, 3.05) is 33.2 Å². The molecule has 1 aliphatic heterocycles. The van der Waals surface area contributed by atoms with Gasteiger partial charge in [0.25, 0.3) is 0 Å². The first-order valence-corrected chi connectivity index (χ1v) is 7.57. The minimum atomic E-state index is -0.321. The summed E-state index contributed by atoms with van der Waals surface area (Å²) in [5, 5.41) is 8.82. The second-order valence-electron chi connectivity index (χ2n) is 5.52. The molecule has 0 radical (unpaired) electrons. The van der Waals surface area contributed by atoms with Gasteiger partial charge in [0, 0.05) is 26.7 Å². The van der Waals surface area contributed by atoms with Gasteiger partial charge in [0.1, 0.15) is 0 Å². The van der Waals surface area contributed by atoms with Crippen LogP contribution in [0.1, 0.15) is 33.1 Å². The highest BCUT2D eigenvalue weighted by atomic mass is 16.2. The number of carbonyl (C=O) groups excluding carboxylic acids is 2. The van der Waals surface area contributed by atoms with Crippen LogP contribution in [0.15, 0.2) is 4.99 Å². The maximum absolute atomic E-state index is 11.4. The van der Waals surface area contributed by atoms with Crippen LogP contribution in [0.25, 0.3) is 0 Å². The molecule has 1 aliphatic rings. The van der Waals surface area contributed by atoms with Crippen molar-refractivity contribution in [3.05, 3.63) is 0 Å². The topological polar surface area (TPSA) is 85.8 Å². The number of rotatable bonds is 8.